The zero-order valence-corrected chi connectivity index (χ0v) is 8.91. The van der Waals surface area contributed by atoms with Crippen LogP contribution in [0.4, 0.5) is 5.82 Å². The molecule has 0 spiro atoms. The van der Waals surface area contributed by atoms with Crippen LogP contribution in [0.25, 0.3) is 0 Å². The molecule has 3 nitrogen and oxygen atoms in total. The molecule has 0 unspecified atom stereocenters. The molecule has 0 amide bonds. The Labute approximate surface area is 85.0 Å². The molecule has 0 aliphatic heterocycles. The van der Waals surface area contributed by atoms with Gasteiger partial charge in [0.1, 0.15) is 17.6 Å². The average molecular weight is 189 g/mol. The van der Waals surface area contributed by atoms with Gasteiger partial charge in [0.25, 0.3) is 0 Å². The van der Waals surface area contributed by atoms with Gasteiger partial charge in [-0.2, -0.15) is 5.26 Å². The summed E-state index contributed by atoms with van der Waals surface area (Å²) in [5.74, 6) is 0.895. The first-order valence-corrected chi connectivity index (χ1v) is 4.85. The summed E-state index contributed by atoms with van der Waals surface area (Å²) >= 11 is 0. The van der Waals surface area contributed by atoms with Gasteiger partial charge in [-0.25, -0.2) is 4.98 Å². The van der Waals surface area contributed by atoms with Crippen LogP contribution in [0.1, 0.15) is 25.1 Å². The molecule has 0 aliphatic rings. The van der Waals surface area contributed by atoms with Crippen LogP contribution in [0.2, 0.25) is 0 Å². The number of anilines is 1. The number of pyridine rings is 1. The molecule has 1 aromatic heterocycles. The fourth-order valence-electron chi connectivity index (χ4n) is 1.42. The summed E-state index contributed by atoms with van der Waals surface area (Å²) < 4.78 is 0. The van der Waals surface area contributed by atoms with E-state index in [1.165, 1.54) is 0 Å². The van der Waals surface area contributed by atoms with E-state index in [1.54, 1.807) is 6.07 Å². The summed E-state index contributed by atoms with van der Waals surface area (Å²) in [6.07, 6.45) is 0. The molecule has 1 rings (SSSR count). The van der Waals surface area contributed by atoms with Crippen molar-refractivity contribution in [1.29, 1.82) is 5.26 Å². The van der Waals surface area contributed by atoms with E-state index in [2.05, 4.69) is 29.8 Å². The van der Waals surface area contributed by atoms with Crippen molar-refractivity contribution < 1.29 is 0 Å². The molecule has 1 heterocycles. The Morgan fingerprint density at radius 2 is 2.00 bits per heavy atom. The van der Waals surface area contributed by atoms with Crippen molar-refractivity contribution in [2.45, 2.75) is 20.8 Å². The molecule has 0 saturated heterocycles. The van der Waals surface area contributed by atoms with Crippen molar-refractivity contribution in [3.05, 3.63) is 23.4 Å². The minimum Gasteiger partial charge on any atom is -0.357 e. The monoisotopic (exact) mass is 189 g/mol. The van der Waals surface area contributed by atoms with Crippen molar-refractivity contribution in [3.8, 4) is 6.07 Å². The fraction of sp³-hybridized carbons (Fsp3) is 0.455. The lowest BCUT2D eigenvalue weighted by Crippen LogP contribution is -2.23. The highest BCUT2D eigenvalue weighted by atomic mass is 15.2. The number of rotatable bonds is 3. The summed E-state index contributed by atoms with van der Waals surface area (Å²) in [6, 6.07) is 5.88. The van der Waals surface area contributed by atoms with Crippen LogP contribution in [0.5, 0.6) is 0 Å². The second-order valence-electron chi connectivity index (χ2n) is 3.17. The van der Waals surface area contributed by atoms with Gasteiger partial charge in [0.05, 0.1) is 0 Å². The number of nitrogens with zero attached hydrogens (tertiary/aromatic N) is 3. The maximum absolute atomic E-state index is 8.78. The van der Waals surface area contributed by atoms with Crippen LogP contribution in [-0.2, 0) is 0 Å². The maximum atomic E-state index is 8.78. The first kappa shape index (κ1) is 10.5. The molecule has 0 aliphatic carbocycles. The number of nitriles is 1. The summed E-state index contributed by atoms with van der Waals surface area (Å²) in [6.45, 7) is 7.98. The van der Waals surface area contributed by atoms with Gasteiger partial charge >= 0.3 is 0 Å². The van der Waals surface area contributed by atoms with Crippen molar-refractivity contribution in [2.24, 2.45) is 0 Å². The standard InChI is InChI=1S/C11H15N3/c1-4-14(5-2)11-7-9(3)6-10(8-12)13-11/h6-7H,4-5H2,1-3H3. The molecule has 0 N–H and O–H groups in total. The van der Waals surface area contributed by atoms with Crippen LogP contribution in [-0.4, -0.2) is 18.1 Å². The third-order valence-electron chi connectivity index (χ3n) is 2.16. The van der Waals surface area contributed by atoms with Crippen LogP contribution >= 0.6 is 0 Å². The lowest BCUT2D eigenvalue weighted by molar-refractivity contribution is 0.843. The number of hydrogen-bond acceptors (Lipinski definition) is 3. The molecule has 3 heteroatoms. The molecular weight excluding hydrogens is 174 g/mol. The molecule has 1 aromatic rings. The van der Waals surface area contributed by atoms with Gasteiger partial charge in [-0.1, -0.05) is 0 Å². The van der Waals surface area contributed by atoms with Crippen LogP contribution in [0.3, 0.4) is 0 Å². The minimum absolute atomic E-state index is 0.493. The molecular formula is C11H15N3. The van der Waals surface area contributed by atoms with E-state index in [0.29, 0.717) is 5.69 Å². The second-order valence-corrected chi connectivity index (χ2v) is 3.17. The second kappa shape index (κ2) is 4.61. The quantitative estimate of drug-likeness (QED) is 0.731. The summed E-state index contributed by atoms with van der Waals surface area (Å²) in [5.41, 5.74) is 1.57. The molecule has 0 saturated carbocycles. The Morgan fingerprint density at radius 3 is 2.50 bits per heavy atom. The Kier molecular flexibility index (Phi) is 3.47. The zero-order valence-electron chi connectivity index (χ0n) is 8.91. The molecule has 0 atom stereocenters. The van der Waals surface area contributed by atoms with E-state index < -0.39 is 0 Å². The molecule has 14 heavy (non-hydrogen) atoms. The highest BCUT2D eigenvalue weighted by Crippen LogP contribution is 2.13. The van der Waals surface area contributed by atoms with Crippen molar-refractivity contribution in [3.63, 3.8) is 0 Å². The predicted molar refractivity (Wildman–Crippen MR) is 57.3 cm³/mol. The number of hydrogen-bond donors (Lipinski definition) is 0. The molecule has 0 bridgehead atoms. The van der Waals surface area contributed by atoms with E-state index >= 15 is 0 Å². The van der Waals surface area contributed by atoms with Crippen LogP contribution < -0.4 is 4.90 Å². The van der Waals surface area contributed by atoms with E-state index in [0.717, 1.165) is 24.5 Å². The molecule has 0 aromatic carbocycles. The van der Waals surface area contributed by atoms with Crippen LogP contribution in [0.15, 0.2) is 12.1 Å². The molecule has 0 fully saturated rings. The third kappa shape index (κ3) is 2.23. The maximum Gasteiger partial charge on any atom is 0.143 e. The smallest absolute Gasteiger partial charge is 0.143 e. The fourth-order valence-corrected chi connectivity index (χ4v) is 1.42. The van der Waals surface area contributed by atoms with E-state index in [9.17, 15) is 0 Å². The number of aryl methyl sites for hydroxylation is 1. The lowest BCUT2D eigenvalue weighted by Gasteiger charge is -2.20. The molecule has 74 valence electrons. The predicted octanol–water partition coefficient (Wildman–Crippen LogP) is 2.11. The van der Waals surface area contributed by atoms with Gasteiger partial charge in [-0.05, 0) is 38.5 Å². The van der Waals surface area contributed by atoms with E-state index in [4.69, 9.17) is 5.26 Å². The van der Waals surface area contributed by atoms with Crippen molar-refractivity contribution in [1.82, 2.24) is 4.98 Å². The average Bonchev–Trinajstić information content (AvgIpc) is 2.19. The van der Waals surface area contributed by atoms with E-state index in [1.807, 2.05) is 13.0 Å². The first-order valence-electron chi connectivity index (χ1n) is 4.85. The van der Waals surface area contributed by atoms with Gasteiger partial charge in [0, 0.05) is 13.1 Å². The first-order chi connectivity index (χ1) is 6.71. The summed E-state index contributed by atoms with van der Waals surface area (Å²) in [4.78, 5) is 6.39. The van der Waals surface area contributed by atoms with Gasteiger partial charge in [0.15, 0.2) is 0 Å². The summed E-state index contributed by atoms with van der Waals surface area (Å²) in [7, 11) is 0. The van der Waals surface area contributed by atoms with E-state index in [-0.39, 0.29) is 0 Å². The normalized spacial score (nSPS) is 9.57. The van der Waals surface area contributed by atoms with Crippen molar-refractivity contribution >= 4 is 5.82 Å². The largest absolute Gasteiger partial charge is 0.357 e. The van der Waals surface area contributed by atoms with Gasteiger partial charge in [0.2, 0.25) is 0 Å². The third-order valence-corrected chi connectivity index (χ3v) is 2.16. The Bertz CT molecular complexity index is 348. The number of aromatic nitrogens is 1. The van der Waals surface area contributed by atoms with Crippen LogP contribution in [0, 0.1) is 18.3 Å². The van der Waals surface area contributed by atoms with Gasteiger partial charge in [-0.15, -0.1) is 0 Å². The van der Waals surface area contributed by atoms with Gasteiger partial charge in [-0.3, -0.25) is 0 Å². The van der Waals surface area contributed by atoms with Crippen molar-refractivity contribution in [2.75, 3.05) is 18.0 Å². The zero-order chi connectivity index (χ0) is 10.6. The Hall–Kier alpha value is -1.56. The highest BCUT2D eigenvalue weighted by Gasteiger charge is 2.05. The SMILES string of the molecule is CCN(CC)c1cc(C)cc(C#N)n1. The summed E-state index contributed by atoms with van der Waals surface area (Å²) in [5, 5.41) is 8.78. The highest BCUT2D eigenvalue weighted by molar-refractivity contribution is 5.44. The topological polar surface area (TPSA) is 39.9 Å². The minimum atomic E-state index is 0.493. The Morgan fingerprint density at radius 1 is 1.36 bits per heavy atom. The van der Waals surface area contributed by atoms with Gasteiger partial charge < -0.3 is 4.90 Å². The molecule has 0 radical (unpaired) electrons. The lowest BCUT2D eigenvalue weighted by atomic mass is 10.2. The Balaban J connectivity index is 3.09.